The molecule has 3 rings (SSSR count). The van der Waals surface area contributed by atoms with Crippen molar-refractivity contribution in [1.29, 1.82) is 0 Å². The molecule has 0 amide bonds. The van der Waals surface area contributed by atoms with Gasteiger partial charge >= 0.3 is 5.97 Å². The summed E-state index contributed by atoms with van der Waals surface area (Å²) in [6, 6.07) is 2.25. The number of hydrogen-bond donors (Lipinski definition) is 1. The molecule has 1 N–H and O–H groups in total. The monoisotopic (exact) mass is 418 g/mol. The van der Waals surface area contributed by atoms with Crippen LogP contribution in [0.5, 0.6) is 0 Å². The summed E-state index contributed by atoms with van der Waals surface area (Å²) in [4.78, 5) is 12.2. The summed E-state index contributed by atoms with van der Waals surface area (Å²) in [6.07, 6.45) is 1.55. The van der Waals surface area contributed by atoms with Gasteiger partial charge in [-0.25, -0.2) is 17.9 Å². The molecule has 1 saturated carbocycles. The molecule has 1 fully saturated rings. The van der Waals surface area contributed by atoms with E-state index in [4.69, 9.17) is 32.5 Å². The number of halogens is 2. The zero-order chi connectivity index (χ0) is 19.1. The van der Waals surface area contributed by atoms with Crippen LogP contribution in [0, 0.1) is 13.8 Å². The first-order valence-electron chi connectivity index (χ1n) is 7.79. The van der Waals surface area contributed by atoms with Crippen LogP contribution in [-0.2, 0) is 21.4 Å². The Balaban J connectivity index is 1.84. The minimum Gasteiger partial charge on any atom is -0.457 e. The van der Waals surface area contributed by atoms with Crippen LogP contribution < -0.4 is 4.72 Å². The second-order valence-corrected chi connectivity index (χ2v) is 8.53. The third kappa shape index (κ3) is 4.03. The Hall–Kier alpha value is -1.61. The maximum absolute atomic E-state index is 12.4. The number of ether oxygens (including phenoxy) is 1. The second kappa shape index (κ2) is 7.19. The lowest BCUT2D eigenvalue weighted by Crippen LogP contribution is -2.26. The largest absolute Gasteiger partial charge is 0.457 e. The lowest BCUT2D eigenvalue weighted by atomic mass is 10.2. The third-order valence-corrected chi connectivity index (χ3v) is 6.26. The van der Waals surface area contributed by atoms with Gasteiger partial charge in [-0.2, -0.15) is 0 Å². The lowest BCUT2D eigenvalue weighted by Gasteiger charge is -2.11. The van der Waals surface area contributed by atoms with Crippen LogP contribution in [0.3, 0.4) is 0 Å². The molecule has 0 radical (unpaired) electrons. The molecule has 0 spiro atoms. The Kier molecular flexibility index (Phi) is 5.30. The van der Waals surface area contributed by atoms with Gasteiger partial charge in [-0.1, -0.05) is 28.4 Å². The molecule has 2 aromatic rings. The number of aryl methyl sites for hydroxylation is 2. The molecule has 7 nitrogen and oxygen atoms in total. The van der Waals surface area contributed by atoms with Gasteiger partial charge in [-0.3, -0.25) is 0 Å². The highest BCUT2D eigenvalue weighted by Crippen LogP contribution is 2.31. The normalized spacial score (nSPS) is 14.5. The highest BCUT2D eigenvalue weighted by atomic mass is 35.5. The number of carbonyl (C=O) groups is 1. The predicted molar refractivity (Wildman–Crippen MR) is 94.9 cm³/mol. The zero-order valence-electron chi connectivity index (χ0n) is 14.0. The fourth-order valence-electron chi connectivity index (χ4n) is 2.30. The van der Waals surface area contributed by atoms with Crippen LogP contribution in [0.15, 0.2) is 21.6 Å². The number of hydrogen-bond acceptors (Lipinski definition) is 6. The van der Waals surface area contributed by atoms with Crippen LogP contribution in [-0.4, -0.2) is 25.6 Å². The van der Waals surface area contributed by atoms with E-state index in [9.17, 15) is 13.2 Å². The summed E-state index contributed by atoms with van der Waals surface area (Å²) < 4.78 is 37.6. The van der Waals surface area contributed by atoms with Crippen molar-refractivity contribution in [3.63, 3.8) is 0 Å². The molecule has 26 heavy (non-hydrogen) atoms. The molecule has 0 atom stereocenters. The molecular weight excluding hydrogens is 403 g/mol. The van der Waals surface area contributed by atoms with E-state index in [0.29, 0.717) is 17.0 Å². The van der Waals surface area contributed by atoms with Gasteiger partial charge in [0, 0.05) is 6.04 Å². The minimum atomic E-state index is -3.85. The van der Waals surface area contributed by atoms with Gasteiger partial charge in [-0.15, -0.1) is 0 Å². The smallest absolute Gasteiger partial charge is 0.340 e. The fourth-order valence-corrected chi connectivity index (χ4v) is 4.45. The molecule has 1 heterocycles. The third-order valence-electron chi connectivity index (χ3n) is 3.96. The van der Waals surface area contributed by atoms with Crippen LogP contribution in [0.1, 0.15) is 40.2 Å². The first-order valence-corrected chi connectivity index (χ1v) is 10.0. The number of nitrogens with zero attached hydrogens (tertiary/aromatic N) is 1. The van der Waals surface area contributed by atoms with Gasteiger partial charge in [0.05, 0.1) is 26.9 Å². The van der Waals surface area contributed by atoms with Crippen molar-refractivity contribution in [2.75, 3.05) is 0 Å². The van der Waals surface area contributed by atoms with Crippen molar-refractivity contribution in [2.24, 2.45) is 0 Å². The topological polar surface area (TPSA) is 98.5 Å². The van der Waals surface area contributed by atoms with Crippen molar-refractivity contribution < 1.29 is 22.5 Å². The summed E-state index contributed by atoms with van der Waals surface area (Å²) in [7, 11) is -3.85. The summed E-state index contributed by atoms with van der Waals surface area (Å²) in [5, 5.41) is 3.72. The Bertz CT molecular complexity index is 948. The number of aromatic nitrogens is 1. The number of nitrogens with one attached hydrogen (secondary N) is 1. The van der Waals surface area contributed by atoms with Crippen LogP contribution in [0.25, 0.3) is 0 Å². The maximum Gasteiger partial charge on any atom is 0.340 e. The van der Waals surface area contributed by atoms with Crippen LogP contribution in [0.4, 0.5) is 0 Å². The van der Waals surface area contributed by atoms with Crippen molar-refractivity contribution in [2.45, 2.75) is 44.2 Å². The van der Waals surface area contributed by atoms with E-state index in [2.05, 4.69) is 9.88 Å². The van der Waals surface area contributed by atoms with Gasteiger partial charge in [0.15, 0.2) is 0 Å². The van der Waals surface area contributed by atoms with Crippen molar-refractivity contribution in [3.05, 3.63) is 44.8 Å². The average Bonchev–Trinajstić information content (AvgIpc) is 3.29. The zero-order valence-corrected chi connectivity index (χ0v) is 16.3. The standard InChI is InChI=1S/C16H16Cl2N2O5S/c1-8-12(9(2)25-19-8)7-24-16(21)11-5-15(14(18)6-13(11)17)26(22,23)20-10-3-4-10/h5-6,10,20H,3-4,7H2,1-2H3. The van der Waals surface area contributed by atoms with E-state index in [-0.39, 0.29) is 33.2 Å². The number of esters is 1. The first kappa shape index (κ1) is 19.2. The van der Waals surface area contributed by atoms with Gasteiger partial charge in [0.2, 0.25) is 10.0 Å². The highest BCUT2D eigenvalue weighted by Gasteiger charge is 2.30. The summed E-state index contributed by atoms with van der Waals surface area (Å²) in [5.74, 6) is -0.232. The van der Waals surface area contributed by atoms with Gasteiger partial charge in [0.1, 0.15) is 17.3 Å². The molecule has 0 aliphatic heterocycles. The van der Waals surface area contributed by atoms with Gasteiger partial charge in [-0.05, 0) is 38.8 Å². The number of carbonyl (C=O) groups excluding carboxylic acids is 1. The summed E-state index contributed by atoms with van der Waals surface area (Å²) >= 11 is 12.1. The van der Waals surface area contributed by atoms with E-state index in [1.807, 2.05) is 0 Å². The fraction of sp³-hybridized carbons (Fsp3) is 0.375. The van der Waals surface area contributed by atoms with Gasteiger partial charge in [0.25, 0.3) is 0 Å². The Morgan fingerprint density at radius 3 is 2.58 bits per heavy atom. The molecule has 140 valence electrons. The van der Waals surface area contributed by atoms with E-state index in [1.165, 1.54) is 6.07 Å². The van der Waals surface area contributed by atoms with Crippen molar-refractivity contribution >= 4 is 39.2 Å². The Morgan fingerprint density at radius 1 is 1.31 bits per heavy atom. The SMILES string of the molecule is Cc1noc(C)c1COC(=O)c1cc(S(=O)(=O)NC2CC2)c(Cl)cc1Cl. The number of sulfonamides is 1. The van der Waals surface area contributed by atoms with E-state index >= 15 is 0 Å². The molecule has 0 bridgehead atoms. The minimum absolute atomic E-state index is 0.00383. The maximum atomic E-state index is 12.4. The van der Waals surface area contributed by atoms with Crippen LogP contribution in [0.2, 0.25) is 10.0 Å². The lowest BCUT2D eigenvalue weighted by molar-refractivity contribution is 0.0471. The summed E-state index contributed by atoms with van der Waals surface area (Å²) in [6.45, 7) is 3.36. The molecule has 0 saturated heterocycles. The molecule has 1 aliphatic carbocycles. The molecule has 1 aliphatic rings. The Morgan fingerprint density at radius 2 is 2.00 bits per heavy atom. The molecule has 1 aromatic carbocycles. The second-order valence-electron chi connectivity index (χ2n) is 6.04. The van der Waals surface area contributed by atoms with Crippen molar-refractivity contribution in [3.8, 4) is 0 Å². The first-order chi connectivity index (χ1) is 12.2. The van der Waals surface area contributed by atoms with E-state index < -0.39 is 16.0 Å². The molecule has 1 aromatic heterocycles. The number of rotatable bonds is 6. The molecule has 10 heteroatoms. The molecule has 0 unspecified atom stereocenters. The van der Waals surface area contributed by atoms with Gasteiger partial charge < -0.3 is 9.26 Å². The number of benzene rings is 1. The summed E-state index contributed by atoms with van der Waals surface area (Å²) in [5.41, 5.74) is 1.17. The highest BCUT2D eigenvalue weighted by molar-refractivity contribution is 7.89. The van der Waals surface area contributed by atoms with E-state index in [1.54, 1.807) is 13.8 Å². The van der Waals surface area contributed by atoms with E-state index in [0.717, 1.165) is 18.9 Å². The van der Waals surface area contributed by atoms with Crippen molar-refractivity contribution in [1.82, 2.24) is 9.88 Å². The Labute approximate surface area is 160 Å². The van der Waals surface area contributed by atoms with Crippen LogP contribution >= 0.6 is 23.2 Å². The quantitative estimate of drug-likeness (QED) is 0.721. The predicted octanol–water partition coefficient (Wildman–Crippen LogP) is 3.40. The molecular formula is C16H16Cl2N2O5S. The average molecular weight is 419 g/mol.